The number of hydrogen-bond acceptors (Lipinski definition) is 6. The molecule has 1 aliphatic rings. The standard InChI is InChI=1S/C34H48N4O5S/c1-7-26-22-38-16-17-44(41,42)37(6)30-20-27(19-28(26)32(30)38)33(40)36-29(18-25-13-9-8-10-14-25)31(43-23-39)21-35-34(4,5)15-11-12-24(2)3/h8-10,13-14,19-20,22-24,29,31,35H,7,11-12,15-18,21H2,1-6H3,(H,36,40)/t29-,31+/m0/s1. The number of ether oxygens (including phenoxy) is 1. The van der Waals surface area contributed by atoms with Gasteiger partial charge in [0, 0.05) is 42.8 Å². The lowest BCUT2D eigenvalue weighted by molar-refractivity contribution is -0.134. The topological polar surface area (TPSA) is 110 Å². The Labute approximate surface area is 262 Å². The lowest BCUT2D eigenvalue weighted by Crippen LogP contribution is -2.53. The first-order valence-corrected chi connectivity index (χ1v) is 17.3. The molecular weight excluding hydrogens is 576 g/mol. The molecule has 3 aromatic rings. The van der Waals surface area contributed by atoms with E-state index in [1.807, 2.05) is 54.1 Å². The van der Waals surface area contributed by atoms with Crippen LogP contribution in [0.2, 0.25) is 0 Å². The van der Waals surface area contributed by atoms with Crippen molar-refractivity contribution in [1.29, 1.82) is 0 Å². The zero-order chi connectivity index (χ0) is 32.1. The van der Waals surface area contributed by atoms with Gasteiger partial charge in [-0.05, 0) is 62.3 Å². The number of sulfonamides is 1. The van der Waals surface area contributed by atoms with E-state index in [4.69, 9.17) is 4.74 Å². The second-order valence-electron chi connectivity index (χ2n) is 13.0. The zero-order valence-corrected chi connectivity index (χ0v) is 27.7. The summed E-state index contributed by atoms with van der Waals surface area (Å²) in [5.74, 6) is 0.258. The maximum Gasteiger partial charge on any atom is 0.293 e. The Morgan fingerprint density at radius 3 is 2.55 bits per heavy atom. The average Bonchev–Trinajstić information content (AvgIpc) is 3.31. The van der Waals surface area contributed by atoms with Gasteiger partial charge in [0.05, 0.1) is 23.0 Å². The number of carbonyl (C=O) groups is 2. The van der Waals surface area contributed by atoms with Gasteiger partial charge >= 0.3 is 0 Å². The molecule has 0 spiro atoms. The fourth-order valence-corrected chi connectivity index (χ4v) is 7.13. The summed E-state index contributed by atoms with van der Waals surface area (Å²) in [4.78, 5) is 25.7. The Morgan fingerprint density at radius 2 is 1.89 bits per heavy atom. The Morgan fingerprint density at radius 1 is 1.16 bits per heavy atom. The van der Waals surface area contributed by atoms with Crippen LogP contribution in [-0.4, -0.2) is 62.4 Å². The highest BCUT2D eigenvalue weighted by Crippen LogP contribution is 2.35. The minimum atomic E-state index is -3.55. The summed E-state index contributed by atoms with van der Waals surface area (Å²) in [5, 5.41) is 7.59. The number of anilines is 1. The average molecular weight is 625 g/mol. The number of nitrogens with zero attached hydrogens (tertiary/aromatic N) is 2. The predicted molar refractivity (Wildman–Crippen MR) is 177 cm³/mol. The van der Waals surface area contributed by atoms with Crippen LogP contribution in [0, 0.1) is 5.92 Å². The fraction of sp³-hybridized carbons (Fsp3) is 0.529. The van der Waals surface area contributed by atoms with Crippen LogP contribution >= 0.6 is 0 Å². The van der Waals surface area contributed by atoms with Crippen LogP contribution in [0.1, 0.15) is 75.4 Å². The van der Waals surface area contributed by atoms with Crippen molar-refractivity contribution in [2.75, 3.05) is 23.7 Å². The second-order valence-corrected chi connectivity index (χ2v) is 15.1. The van der Waals surface area contributed by atoms with Crippen molar-refractivity contribution in [3.8, 4) is 0 Å². The first kappa shape index (κ1) is 33.5. The lowest BCUT2D eigenvalue weighted by Gasteiger charge is -2.32. The summed E-state index contributed by atoms with van der Waals surface area (Å²) < 4.78 is 34.9. The molecule has 0 bridgehead atoms. The largest absolute Gasteiger partial charge is 0.461 e. The molecule has 0 radical (unpaired) electrons. The van der Waals surface area contributed by atoms with Crippen molar-refractivity contribution in [2.45, 2.75) is 91.0 Å². The van der Waals surface area contributed by atoms with Crippen LogP contribution in [0.25, 0.3) is 10.9 Å². The van der Waals surface area contributed by atoms with Gasteiger partial charge in [0.25, 0.3) is 12.4 Å². The van der Waals surface area contributed by atoms with E-state index in [9.17, 15) is 18.0 Å². The van der Waals surface area contributed by atoms with Gasteiger partial charge in [-0.2, -0.15) is 0 Å². The summed E-state index contributed by atoms with van der Waals surface area (Å²) >= 11 is 0. The number of nitrogens with one attached hydrogen (secondary N) is 2. The molecule has 2 aromatic carbocycles. The summed E-state index contributed by atoms with van der Waals surface area (Å²) in [6.45, 7) is 11.9. The van der Waals surface area contributed by atoms with Gasteiger partial charge < -0.3 is 19.9 Å². The molecule has 2 atom stereocenters. The predicted octanol–water partition coefficient (Wildman–Crippen LogP) is 5.06. The third-order valence-electron chi connectivity index (χ3n) is 8.68. The van der Waals surface area contributed by atoms with Crippen LogP contribution in [0.3, 0.4) is 0 Å². The van der Waals surface area contributed by atoms with Crippen LogP contribution in [0.15, 0.2) is 48.7 Å². The van der Waals surface area contributed by atoms with Crippen molar-refractivity contribution < 1.29 is 22.7 Å². The van der Waals surface area contributed by atoms with Crippen molar-refractivity contribution in [3.63, 3.8) is 0 Å². The van der Waals surface area contributed by atoms with E-state index in [2.05, 4.69) is 38.3 Å². The Hall–Kier alpha value is -3.37. The molecule has 2 heterocycles. The van der Waals surface area contributed by atoms with Crippen LogP contribution in [0.4, 0.5) is 5.69 Å². The number of carbonyl (C=O) groups excluding carboxylic acids is 2. The van der Waals surface area contributed by atoms with E-state index < -0.39 is 22.2 Å². The van der Waals surface area contributed by atoms with E-state index in [-0.39, 0.29) is 17.2 Å². The normalized spacial score (nSPS) is 16.0. The van der Waals surface area contributed by atoms with E-state index in [1.54, 1.807) is 13.1 Å². The molecule has 1 aromatic heterocycles. The highest BCUT2D eigenvalue weighted by molar-refractivity contribution is 7.92. The number of hydrogen-bond donors (Lipinski definition) is 2. The third kappa shape index (κ3) is 8.01. The Balaban J connectivity index is 1.66. The molecule has 4 rings (SSSR count). The number of aromatic nitrogens is 1. The van der Waals surface area contributed by atoms with Crippen molar-refractivity contribution in [3.05, 3.63) is 65.4 Å². The van der Waals surface area contributed by atoms with Crippen LogP contribution < -0.4 is 14.9 Å². The maximum atomic E-state index is 14.0. The van der Waals surface area contributed by atoms with E-state index in [1.165, 1.54) is 4.31 Å². The Kier molecular flexibility index (Phi) is 10.8. The highest BCUT2D eigenvalue weighted by Gasteiger charge is 2.31. The smallest absolute Gasteiger partial charge is 0.293 e. The molecule has 0 unspecified atom stereocenters. The molecule has 0 saturated heterocycles. The number of aryl methyl sites for hydroxylation is 2. The fourth-order valence-electron chi connectivity index (χ4n) is 5.99. The van der Waals surface area contributed by atoms with E-state index in [0.717, 1.165) is 47.7 Å². The third-order valence-corrected chi connectivity index (χ3v) is 10.4. The SMILES string of the molecule is CCc1cn2c3c(cc(C(=O)N[C@@H](Cc4ccccc4)[C@@H](CNC(C)(C)CCCC(C)C)OC=O)cc13)N(C)S(=O)(=O)CC2. The van der Waals surface area contributed by atoms with E-state index in [0.29, 0.717) is 43.2 Å². The minimum absolute atomic E-state index is 0.0165. The first-order chi connectivity index (χ1) is 20.8. The van der Waals surface area contributed by atoms with Gasteiger partial charge in [0.15, 0.2) is 0 Å². The number of amides is 1. The molecule has 44 heavy (non-hydrogen) atoms. The van der Waals surface area contributed by atoms with Crippen LogP contribution in [0.5, 0.6) is 0 Å². The van der Waals surface area contributed by atoms with Gasteiger partial charge in [-0.1, -0.05) is 63.9 Å². The summed E-state index contributed by atoms with van der Waals surface area (Å²) in [6.07, 6.45) is 5.73. The quantitative estimate of drug-likeness (QED) is 0.229. The molecule has 0 aliphatic carbocycles. The molecule has 10 heteroatoms. The summed E-state index contributed by atoms with van der Waals surface area (Å²) in [7, 11) is -2.01. The second kappa shape index (κ2) is 14.2. The number of rotatable bonds is 15. The molecule has 2 N–H and O–H groups in total. The van der Waals surface area contributed by atoms with Gasteiger partial charge in [-0.3, -0.25) is 13.9 Å². The van der Waals surface area contributed by atoms with Gasteiger partial charge in [0.2, 0.25) is 10.0 Å². The van der Waals surface area contributed by atoms with E-state index >= 15 is 0 Å². The van der Waals surface area contributed by atoms with Gasteiger partial charge in [-0.25, -0.2) is 8.42 Å². The monoisotopic (exact) mass is 624 g/mol. The summed E-state index contributed by atoms with van der Waals surface area (Å²) in [6, 6.07) is 12.7. The first-order valence-electron chi connectivity index (χ1n) is 15.7. The van der Waals surface area contributed by atoms with Crippen molar-refractivity contribution in [2.24, 2.45) is 5.92 Å². The minimum Gasteiger partial charge on any atom is -0.461 e. The summed E-state index contributed by atoms with van der Waals surface area (Å²) in [5.41, 5.74) is 3.51. The molecule has 9 nitrogen and oxygen atoms in total. The van der Waals surface area contributed by atoms with Crippen molar-refractivity contribution >= 4 is 39.0 Å². The molecule has 1 aliphatic heterocycles. The van der Waals surface area contributed by atoms with Gasteiger partial charge in [0.1, 0.15) is 6.10 Å². The zero-order valence-electron chi connectivity index (χ0n) is 26.9. The molecular formula is C34H48N4O5S. The molecule has 240 valence electrons. The van der Waals surface area contributed by atoms with Gasteiger partial charge in [-0.15, -0.1) is 0 Å². The maximum absolute atomic E-state index is 14.0. The molecule has 0 fully saturated rings. The molecule has 0 saturated carbocycles. The highest BCUT2D eigenvalue weighted by atomic mass is 32.2. The van der Waals surface area contributed by atoms with Crippen molar-refractivity contribution in [1.82, 2.24) is 15.2 Å². The molecule has 1 amide bonds. The van der Waals surface area contributed by atoms with Crippen LogP contribution in [-0.2, 0) is 38.9 Å². The Bertz CT molecular complexity index is 1550. The number of benzene rings is 2. The lowest BCUT2D eigenvalue weighted by atomic mass is 9.93.